The molecule has 0 saturated carbocycles. The largest absolute Gasteiger partial charge is 0.459 e. The van der Waals surface area contributed by atoms with E-state index in [4.69, 9.17) is 25.7 Å². The number of benzene rings is 3. The van der Waals surface area contributed by atoms with Crippen LogP contribution in [0.3, 0.4) is 0 Å². The fourth-order valence-electron chi connectivity index (χ4n) is 3.74. The van der Waals surface area contributed by atoms with Gasteiger partial charge in [0.1, 0.15) is 19.0 Å². The SMILES string of the molecule is Nc1cc(N)cc(C(=O)OCCOC(=O)/C=C/c2ccc(OC(F)(F)c3ccc(CCCCC(F)(F)F)cc3)cc2)c1. The van der Waals surface area contributed by atoms with Gasteiger partial charge >= 0.3 is 24.2 Å². The fraction of sp³-hybridized carbons (Fsp3) is 0.267. The van der Waals surface area contributed by atoms with Crippen molar-refractivity contribution in [3.05, 3.63) is 95.1 Å². The highest BCUT2D eigenvalue weighted by Crippen LogP contribution is 2.32. The van der Waals surface area contributed by atoms with Crippen LogP contribution in [0.2, 0.25) is 0 Å². The number of aryl methyl sites for hydroxylation is 1. The van der Waals surface area contributed by atoms with Crippen LogP contribution in [0.4, 0.5) is 33.3 Å². The second-order valence-corrected chi connectivity index (χ2v) is 9.23. The Labute approximate surface area is 238 Å². The van der Waals surface area contributed by atoms with Gasteiger partial charge in [0.25, 0.3) is 0 Å². The Morgan fingerprint density at radius 3 is 2.02 bits per heavy atom. The number of hydrogen-bond donors (Lipinski definition) is 2. The summed E-state index contributed by atoms with van der Waals surface area (Å²) in [4.78, 5) is 23.9. The lowest BCUT2D eigenvalue weighted by atomic mass is 10.0. The molecule has 0 unspecified atom stereocenters. The molecule has 0 aromatic heterocycles. The number of esters is 2. The molecule has 42 heavy (non-hydrogen) atoms. The van der Waals surface area contributed by atoms with Gasteiger partial charge in [-0.2, -0.15) is 22.0 Å². The van der Waals surface area contributed by atoms with Crippen LogP contribution in [0.25, 0.3) is 6.08 Å². The number of hydrogen-bond acceptors (Lipinski definition) is 7. The predicted octanol–water partition coefficient (Wildman–Crippen LogP) is 6.67. The highest BCUT2D eigenvalue weighted by atomic mass is 19.4. The van der Waals surface area contributed by atoms with Crippen molar-refractivity contribution >= 4 is 29.4 Å². The van der Waals surface area contributed by atoms with E-state index in [9.17, 15) is 31.5 Å². The molecular formula is C30H29F5N2O5. The zero-order chi connectivity index (χ0) is 30.8. The van der Waals surface area contributed by atoms with Gasteiger partial charge in [0, 0.05) is 23.9 Å². The van der Waals surface area contributed by atoms with Gasteiger partial charge in [0.15, 0.2) is 0 Å². The van der Waals surface area contributed by atoms with Gasteiger partial charge in [0.2, 0.25) is 0 Å². The average molecular weight is 593 g/mol. The van der Waals surface area contributed by atoms with Gasteiger partial charge in [-0.1, -0.05) is 24.3 Å². The Hall–Kier alpha value is -4.61. The van der Waals surface area contributed by atoms with Gasteiger partial charge in [0.05, 0.1) is 11.1 Å². The number of nitrogen functional groups attached to an aromatic ring is 2. The summed E-state index contributed by atoms with van der Waals surface area (Å²) in [5.41, 5.74) is 12.8. The van der Waals surface area contributed by atoms with Gasteiger partial charge in [-0.25, -0.2) is 9.59 Å². The summed E-state index contributed by atoms with van der Waals surface area (Å²) < 4.78 is 80.8. The summed E-state index contributed by atoms with van der Waals surface area (Å²) >= 11 is 0. The summed E-state index contributed by atoms with van der Waals surface area (Å²) in [5.74, 6) is -1.52. The van der Waals surface area contributed by atoms with E-state index in [1.807, 2.05) is 0 Å². The molecule has 0 aliphatic heterocycles. The van der Waals surface area contributed by atoms with Crippen molar-refractivity contribution < 1.29 is 45.8 Å². The third-order valence-electron chi connectivity index (χ3n) is 5.78. The quantitative estimate of drug-likeness (QED) is 0.0750. The van der Waals surface area contributed by atoms with Crippen molar-refractivity contribution in [3.8, 4) is 5.75 Å². The number of anilines is 2. The number of rotatable bonds is 13. The summed E-state index contributed by atoms with van der Waals surface area (Å²) in [5, 5.41) is 0. The number of carbonyl (C=O) groups excluding carboxylic acids is 2. The Kier molecular flexibility index (Phi) is 10.9. The van der Waals surface area contributed by atoms with Gasteiger partial charge in [-0.3, -0.25) is 0 Å². The molecule has 0 aliphatic carbocycles. The van der Waals surface area contributed by atoms with E-state index in [1.165, 1.54) is 72.8 Å². The van der Waals surface area contributed by atoms with Crippen LogP contribution in [-0.2, 0) is 26.8 Å². The molecule has 0 radical (unpaired) electrons. The van der Waals surface area contributed by atoms with Gasteiger partial charge in [-0.05, 0) is 78.9 Å². The first-order chi connectivity index (χ1) is 19.8. The van der Waals surface area contributed by atoms with Crippen LogP contribution >= 0.6 is 0 Å². The van der Waals surface area contributed by atoms with Crippen molar-refractivity contribution in [3.63, 3.8) is 0 Å². The van der Waals surface area contributed by atoms with Crippen LogP contribution in [0.5, 0.6) is 5.75 Å². The first-order valence-electron chi connectivity index (χ1n) is 12.8. The van der Waals surface area contributed by atoms with Crippen molar-refractivity contribution in [2.45, 2.75) is 38.0 Å². The first kappa shape index (κ1) is 31.9. The minimum atomic E-state index is -4.21. The fourth-order valence-corrected chi connectivity index (χ4v) is 3.74. The maximum absolute atomic E-state index is 14.6. The lowest BCUT2D eigenvalue weighted by molar-refractivity contribution is -0.185. The molecule has 0 heterocycles. The molecule has 4 N–H and O–H groups in total. The lowest BCUT2D eigenvalue weighted by Crippen LogP contribution is -2.21. The van der Waals surface area contributed by atoms with E-state index < -0.39 is 36.2 Å². The Morgan fingerprint density at radius 1 is 0.786 bits per heavy atom. The molecule has 0 fully saturated rings. The summed E-state index contributed by atoms with van der Waals surface area (Å²) in [7, 11) is 0. The van der Waals surface area contributed by atoms with Crippen molar-refractivity contribution in [1.82, 2.24) is 0 Å². The van der Waals surface area contributed by atoms with Crippen LogP contribution in [0.1, 0.15) is 46.3 Å². The molecule has 3 aromatic rings. The monoisotopic (exact) mass is 592 g/mol. The standard InChI is InChI=1S/C30H29F5N2O5/c31-29(32,33)14-2-1-3-20-4-9-23(10-5-20)30(34,35)42-26-11-6-21(7-12-26)8-13-27(38)40-15-16-41-28(39)22-17-24(36)19-25(37)18-22/h4-13,17-19H,1-3,14-16,36-37H2/b13-8+. The molecule has 0 aliphatic rings. The van der Waals surface area contributed by atoms with E-state index in [1.54, 1.807) is 0 Å². The molecule has 3 rings (SSSR count). The molecule has 0 saturated heterocycles. The van der Waals surface area contributed by atoms with Crippen LogP contribution in [0, 0.1) is 0 Å². The van der Waals surface area contributed by atoms with E-state index in [0.29, 0.717) is 35.3 Å². The number of alkyl halides is 5. The Morgan fingerprint density at radius 2 is 1.40 bits per heavy atom. The Balaban J connectivity index is 1.42. The molecule has 0 atom stereocenters. The predicted molar refractivity (Wildman–Crippen MR) is 147 cm³/mol. The molecule has 0 amide bonds. The van der Waals surface area contributed by atoms with E-state index >= 15 is 0 Å². The number of carbonyl (C=O) groups is 2. The second kappa shape index (κ2) is 14.3. The van der Waals surface area contributed by atoms with Crippen molar-refractivity contribution in [2.24, 2.45) is 0 Å². The lowest BCUT2D eigenvalue weighted by Gasteiger charge is -2.18. The van der Waals surface area contributed by atoms with Crippen LogP contribution in [-0.4, -0.2) is 31.3 Å². The molecule has 224 valence electrons. The minimum Gasteiger partial charge on any atom is -0.459 e. The number of unbranched alkanes of at least 4 members (excludes halogenated alkanes) is 1. The highest BCUT2D eigenvalue weighted by molar-refractivity contribution is 5.91. The molecular weight excluding hydrogens is 563 g/mol. The van der Waals surface area contributed by atoms with Crippen LogP contribution in [0.15, 0.2) is 72.8 Å². The summed E-state index contributed by atoms with van der Waals surface area (Å²) in [6.45, 7) is -0.397. The maximum atomic E-state index is 14.6. The topological polar surface area (TPSA) is 114 Å². The zero-order valence-electron chi connectivity index (χ0n) is 22.3. The number of halogens is 5. The summed E-state index contributed by atoms with van der Waals surface area (Å²) in [6.07, 6.45) is -5.61. The molecule has 3 aromatic carbocycles. The van der Waals surface area contributed by atoms with Crippen molar-refractivity contribution in [1.29, 1.82) is 0 Å². The number of ether oxygens (including phenoxy) is 3. The first-order valence-corrected chi connectivity index (χ1v) is 12.8. The number of nitrogens with two attached hydrogens (primary N) is 2. The normalized spacial score (nSPS) is 11.8. The third kappa shape index (κ3) is 10.8. The average Bonchev–Trinajstić information content (AvgIpc) is 2.92. The molecule has 12 heteroatoms. The van der Waals surface area contributed by atoms with Gasteiger partial charge in [-0.15, -0.1) is 0 Å². The second-order valence-electron chi connectivity index (χ2n) is 9.23. The molecule has 7 nitrogen and oxygen atoms in total. The molecule has 0 bridgehead atoms. The third-order valence-corrected chi connectivity index (χ3v) is 5.78. The van der Waals surface area contributed by atoms with E-state index in [0.717, 1.165) is 6.08 Å². The maximum Gasteiger partial charge on any atom is 0.426 e. The van der Waals surface area contributed by atoms with E-state index in [-0.39, 0.29) is 30.9 Å². The van der Waals surface area contributed by atoms with Gasteiger partial charge < -0.3 is 25.7 Å². The van der Waals surface area contributed by atoms with E-state index in [2.05, 4.69) is 0 Å². The zero-order valence-corrected chi connectivity index (χ0v) is 22.3. The Bertz CT molecular complexity index is 1350. The summed E-state index contributed by atoms with van der Waals surface area (Å²) in [6, 6.07) is 15.0. The van der Waals surface area contributed by atoms with Crippen LogP contribution < -0.4 is 16.2 Å². The molecule has 0 spiro atoms. The highest BCUT2D eigenvalue weighted by Gasteiger charge is 2.34. The smallest absolute Gasteiger partial charge is 0.426 e. The van der Waals surface area contributed by atoms with Crippen molar-refractivity contribution in [2.75, 3.05) is 24.7 Å². The minimum absolute atomic E-state index is 0.0314.